The fraction of sp³-hybridized carbons (Fsp3) is 0.448. The predicted molar refractivity (Wildman–Crippen MR) is 144 cm³/mol. The first-order valence-electron chi connectivity index (χ1n) is 13.2. The summed E-state index contributed by atoms with van der Waals surface area (Å²) in [7, 11) is 1.46. The van der Waals surface area contributed by atoms with E-state index in [-0.39, 0.29) is 48.8 Å². The summed E-state index contributed by atoms with van der Waals surface area (Å²) < 4.78 is 27.8. The number of nitrogens with one attached hydrogen (secondary N) is 1. The first-order valence-corrected chi connectivity index (χ1v) is 13.2. The van der Waals surface area contributed by atoms with Crippen LogP contribution >= 0.6 is 0 Å². The number of aldehydes is 1. The Morgan fingerprint density at radius 2 is 1.50 bits per heavy atom. The zero-order valence-corrected chi connectivity index (χ0v) is 22.7. The van der Waals surface area contributed by atoms with E-state index >= 15 is 0 Å². The number of piperidine rings is 1. The Hall–Kier alpha value is -3.64. The van der Waals surface area contributed by atoms with Crippen LogP contribution in [0, 0.1) is 0 Å². The van der Waals surface area contributed by atoms with Gasteiger partial charge in [-0.05, 0) is 18.1 Å². The molecule has 2 aromatic carbocycles. The van der Waals surface area contributed by atoms with E-state index in [1.54, 1.807) is 12.1 Å². The van der Waals surface area contributed by atoms with Gasteiger partial charge >= 0.3 is 0 Å². The van der Waals surface area contributed by atoms with Crippen LogP contribution in [0.25, 0.3) is 0 Å². The molecule has 11 heteroatoms. The predicted octanol–water partition coefficient (Wildman–Crippen LogP) is 2.02. The highest BCUT2D eigenvalue weighted by molar-refractivity contribution is 6.07. The molecule has 11 nitrogen and oxygen atoms in total. The van der Waals surface area contributed by atoms with E-state index < -0.39 is 17.9 Å². The fourth-order valence-electron chi connectivity index (χ4n) is 4.00. The molecule has 1 heterocycles. The summed E-state index contributed by atoms with van der Waals surface area (Å²) in [6.07, 6.45) is 0.899. The number of carbonyl (C=O) groups excluding carboxylic acids is 4. The quantitative estimate of drug-likeness (QED) is 0.167. The number of likely N-dealkylation sites (N-methyl/N-ethyl adjacent to an activating group) is 1. The van der Waals surface area contributed by atoms with Gasteiger partial charge in [-0.3, -0.25) is 24.5 Å². The number of nitrogens with zero attached hydrogens (tertiary/aromatic N) is 1. The van der Waals surface area contributed by atoms with E-state index in [2.05, 4.69) is 5.32 Å². The molecule has 1 fully saturated rings. The first-order chi connectivity index (χ1) is 19.5. The highest BCUT2D eigenvalue weighted by Gasteiger charge is 2.34. The molecule has 3 rings (SSSR count). The van der Waals surface area contributed by atoms with E-state index in [9.17, 15) is 19.2 Å². The molecule has 1 saturated heterocycles. The third-order valence-electron chi connectivity index (χ3n) is 6.11. The highest BCUT2D eigenvalue weighted by Crippen LogP contribution is 2.25. The van der Waals surface area contributed by atoms with Crippen LogP contribution in [-0.4, -0.2) is 94.9 Å². The number of imide groups is 1. The van der Waals surface area contributed by atoms with E-state index in [4.69, 9.17) is 23.7 Å². The van der Waals surface area contributed by atoms with Gasteiger partial charge in [-0.2, -0.15) is 0 Å². The number of hydrogen-bond acceptors (Lipinski definition) is 9. The number of hydrogen-bond donors (Lipinski definition) is 1. The number of carbonyl (C=O) groups is 4. The molecule has 0 radical (unpaired) electrons. The van der Waals surface area contributed by atoms with Crippen molar-refractivity contribution >= 4 is 24.0 Å². The van der Waals surface area contributed by atoms with Crippen molar-refractivity contribution in [3.8, 4) is 5.75 Å². The summed E-state index contributed by atoms with van der Waals surface area (Å²) >= 11 is 0. The summed E-state index contributed by atoms with van der Waals surface area (Å²) in [5.41, 5.74) is 1.32. The van der Waals surface area contributed by atoms with Gasteiger partial charge in [0.1, 0.15) is 18.4 Å². The summed E-state index contributed by atoms with van der Waals surface area (Å²) in [4.78, 5) is 49.7. The summed E-state index contributed by atoms with van der Waals surface area (Å²) in [5.74, 6) is -1.27. The minimum atomic E-state index is -0.820. The van der Waals surface area contributed by atoms with Gasteiger partial charge in [0.05, 0.1) is 58.4 Å². The van der Waals surface area contributed by atoms with Crippen molar-refractivity contribution in [3.05, 3.63) is 65.2 Å². The molecule has 1 unspecified atom stereocenters. The molecule has 0 aliphatic carbocycles. The van der Waals surface area contributed by atoms with Gasteiger partial charge < -0.3 is 28.6 Å². The van der Waals surface area contributed by atoms with Crippen molar-refractivity contribution in [1.82, 2.24) is 10.2 Å². The van der Waals surface area contributed by atoms with Crippen LogP contribution in [0.2, 0.25) is 0 Å². The minimum Gasteiger partial charge on any atom is -0.490 e. The van der Waals surface area contributed by atoms with E-state index in [0.717, 1.165) is 5.56 Å². The molecular formula is C29H36N2O9. The van der Waals surface area contributed by atoms with Crippen molar-refractivity contribution in [2.45, 2.75) is 25.5 Å². The second kappa shape index (κ2) is 17.1. The molecule has 216 valence electrons. The van der Waals surface area contributed by atoms with E-state index in [1.807, 2.05) is 30.3 Å². The highest BCUT2D eigenvalue weighted by atomic mass is 16.6. The van der Waals surface area contributed by atoms with Crippen LogP contribution in [0.4, 0.5) is 0 Å². The van der Waals surface area contributed by atoms with Gasteiger partial charge in [0, 0.05) is 19.0 Å². The average Bonchev–Trinajstić information content (AvgIpc) is 2.97. The van der Waals surface area contributed by atoms with Crippen LogP contribution in [-0.2, 0) is 35.1 Å². The van der Waals surface area contributed by atoms with Crippen LogP contribution in [0.1, 0.15) is 39.1 Å². The molecule has 1 N–H and O–H groups in total. The molecule has 1 aliphatic rings. The maximum atomic E-state index is 13.2. The van der Waals surface area contributed by atoms with Crippen molar-refractivity contribution in [3.63, 3.8) is 0 Å². The molecule has 0 aromatic heterocycles. The zero-order valence-electron chi connectivity index (χ0n) is 22.7. The van der Waals surface area contributed by atoms with Crippen molar-refractivity contribution < 1.29 is 42.9 Å². The van der Waals surface area contributed by atoms with Crippen LogP contribution in [0.5, 0.6) is 5.75 Å². The maximum Gasteiger partial charge on any atom is 0.258 e. The lowest BCUT2D eigenvalue weighted by molar-refractivity contribution is -0.136. The fourth-order valence-corrected chi connectivity index (χ4v) is 4.00. The molecule has 0 saturated carbocycles. The van der Waals surface area contributed by atoms with E-state index in [0.29, 0.717) is 52.5 Å². The molecule has 2 aromatic rings. The second-order valence-corrected chi connectivity index (χ2v) is 8.94. The Kier molecular flexibility index (Phi) is 13.2. The van der Waals surface area contributed by atoms with Crippen molar-refractivity contribution in [1.29, 1.82) is 0 Å². The molecule has 1 aliphatic heterocycles. The average molecular weight is 557 g/mol. The third kappa shape index (κ3) is 9.83. The molecule has 40 heavy (non-hydrogen) atoms. The van der Waals surface area contributed by atoms with Gasteiger partial charge in [-0.25, -0.2) is 0 Å². The number of amides is 3. The number of benzene rings is 2. The van der Waals surface area contributed by atoms with Crippen LogP contribution < -0.4 is 10.1 Å². The molecule has 1 atom stereocenters. The lowest BCUT2D eigenvalue weighted by atomic mass is 10.0. The Bertz CT molecular complexity index is 1110. The van der Waals surface area contributed by atoms with Gasteiger partial charge in [0.25, 0.3) is 5.91 Å². The summed E-state index contributed by atoms with van der Waals surface area (Å²) in [5, 5.41) is 2.23. The number of rotatable bonds is 18. The van der Waals surface area contributed by atoms with Crippen LogP contribution in [0.3, 0.4) is 0 Å². The first kappa shape index (κ1) is 30.9. The summed E-state index contributed by atoms with van der Waals surface area (Å²) in [6.45, 7) is 3.55. The molecular weight excluding hydrogens is 520 g/mol. The number of ether oxygens (including phenoxy) is 5. The maximum absolute atomic E-state index is 13.2. The Labute approximate surface area is 233 Å². The summed E-state index contributed by atoms with van der Waals surface area (Å²) in [6, 6.07) is 13.8. The van der Waals surface area contributed by atoms with Crippen molar-refractivity contribution in [2.75, 3.05) is 59.9 Å². The van der Waals surface area contributed by atoms with E-state index in [1.165, 1.54) is 18.0 Å². The second-order valence-electron chi connectivity index (χ2n) is 8.94. The largest absolute Gasteiger partial charge is 0.490 e. The van der Waals surface area contributed by atoms with Gasteiger partial charge in [-0.1, -0.05) is 42.5 Å². The lowest BCUT2D eigenvalue weighted by Crippen LogP contribution is -2.53. The monoisotopic (exact) mass is 556 g/mol. The van der Waals surface area contributed by atoms with Crippen molar-refractivity contribution in [2.24, 2.45) is 0 Å². The molecule has 0 spiro atoms. The Morgan fingerprint density at radius 1 is 0.875 bits per heavy atom. The Morgan fingerprint density at radius 3 is 2.12 bits per heavy atom. The normalized spacial score (nSPS) is 15.0. The van der Waals surface area contributed by atoms with Gasteiger partial charge in [-0.15, -0.1) is 0 Å². The standard InChI is InChI=1S/C29H36N2O9/c1-31(24-10-11-26(33)30-28(24)34)29(35)27-23(20-32)8-5-9-25(27)40-19-18-38-15-14-36-12-13-37-16-17-39-21-22-6-3-2-4-7-22/h2-9,20,24H,10-19,21H2,1H3,(H,30,33,34). The topological polar surface area (TPSA) is 130 Å². The zero-order chi connectivity index (χ0) is 28.6. The molecule has 3 amide bonds. The Balaban J connectivity index is 1.29. The third-order valence-corrected chi connectivity index (χ3v) is 6.11. The lowest BCUT2D eigenvalue weighted by Gasteiger charge is -2.30. The SMILES string of the molecule is CN(C(=O)c1c(C=O)cccc1OCCOCCOCCOCCOCc1ccccc1)C1CCC(=O)NC1=O. The smallest absolute Gasteiger partial charge is 0.258 e. The van der Waals surface area contributed by atoms with Crippen LogP contribution in [0.15, 0.2) is 48.5 Å². The minimum absolute atomic E-state index is 0.0542. The van der Waals surface area contributed by atoms with Gasteiger partial charge in [0.2, 0.25) is 11.8 Å². The molecule has 0 bridgehead atoms. The van der Waals surface area contributed by atoms with Gasteiger partial charge in [0.15, 0.2) is 6.29 Å².